The first-order chi connectivity index (χ1) is 17.4. The number of methoxy groups -OCH3 is 1. The van der Waals surface area contributed by atoms with Gasteiger partial charge in [-0.15, -0.1) is 0 Å². The van der Waals surface area contributed by atoms with Crippen molar-refractivity contribution in [3.05, 3.63) is 111 Å². The van der Waals surface area contributed by atoms with Gasteiger partial charge in [-0.1, -0.05) is 48.5 Å². The zero-order chi connectivity index (χ0) is 25.7. The minimum absolute atomic E-state index is 0.147. The Labute approximate surface area is 203 Å². The largest absolute Gasteiger partial charge is 0.488 e. The number of furan rings is 1. The van der Waals surface area contributed by atoms with Crippen LogP contribution in [0.4, 0.5) is 0 Å². The standard InChI is InChI=1S/C25H20N2O9/c1-33-20-19(36-24(31)17-10-6-3-7-11-17)21(23(29)30)35-22(20)26-13-12-18(28)27(25(26)32)15-34-14-16-8-4-2-5-9-16/h2-13H,14-15H2,1H3,(H,29,30). The van der Waals surface area contributed by atoms with Gasteiger partial charge >= 0.3 is 17.6 Å². The van der Waals surface area contributed by atoms with E-state index in [-0.39, 0.29) is 24.7 Å². The second kappa shape index (κ2) is 10.6. The van der Waals surface area contributed by atoms with Gasteiger partial charge in [-0.05, 0) is 17.7 Å². The van der Waals surface area contributed by atoms with Crippen molar-refractivity contribution in [2.75, 3.05) is 7.11 Å². The van der Waals surface area contributed by atoms with Crippen LogP contribution in [0, 0.1) is 0 Å². The number of benzene rings is 2. The molecule has 1 N–H and O–H groups in total. The Morgan fingerprint density at radius 3 is 2.25 bits per heavy atom. The fraction of sp³-hybridized carbons (Fsp3) is 0.120. The summed E-state index contributed by atoms with van der Waals surface area (Å²) >= 11 is 0. The lowest BCUT2D eigenvalue weighted by Gasteiger charge is -2.10. The number of ether oxygens (including phenoxy) is 3. The number of carboxylic acids is 1. The molecule has 2 heterocycles. The second-order valence-corrected chi connectivity index (χ2v) is 7.36. The Morgan fingerprint density at radius 1 is 0.944 bits per heavy atom. The van der Waals surface area contributed by atoms with E-state index >= 15 is 0 Å². The molecule has 0 amide bonds. The van der Waals surface area contributed by atoms with E-state index in [0.29, 0.717) is 0 Å². The SMILES string of the molecule is COc1c(-n2ccc(=O)n(COCc3ccccc3)c2=O)oc(C(=O)O)c1OC(=O)c1ccccc1. The molecule has 0 spiro atoms. The van der Waals surface area contributed by atoms with Gasteiger partial charge in [-0.25, -0.2) is 23.5 Å². The lowest BCUT2D eigenvalue weighted by atomic mass is 10.2. The van der Waals surface area contributed by atoms with Crippen molar-refractivity contribution in [1.82, 2.24) is 9.13 Å². The highest BCUT2D eigenvalue weighted by Gasteiger charge is 2.31. The van der Waals surface area contributed by atoms with E-state index in [1.54, 1.807) is 18.2 Å². The van der Waals surface area contributed by atoms with E-state index in [9.17, 15) is 24.3 Å². The van der Waals surface area contributed by atoms with Crippen LogP contribution < -0.4 is 20.7 Å². The van der Waals surface area contributed by atoms with Gasteiger partial charge in [-0.3, -0.25) is 4.79 Å². The number of carbonyl (C=O) groups excluding carboxylic acids is 1. The number of carboxylic acid groups (broad SMARTS) is 1. The lowest BCUT2D eigenvalue weighted by molar-refractivity contribution is 0.0580. The molecule has 4 aromatic rings. The maximum Gasteiger partial charge on any atom is 0.376 e. The molecule has 11 heteroatoms. The maximum atomic E-state index is 13.1. The number of nitrogens with zero attached hydrogens (tertiary/aromatic N) is 2. The van der Waals surface area contributed by atoms with Crippen molar-refractivity contribution in [2.45, 2.75) is 13.3 Å². The Balaban J connectivity index is 1.70. The molecule has 0 aliphatic rings. The molecule has 36 heavy (non-hydrogen) atoms. The fourth-order valence-corrected chi connectivity index (χ4v) is 3.31. The average molecular weight is 492 g/mol. The van der Waals surface area contributed by atoms with Crippen LogP contribution in [0.15, 0.2) is 86.9 Å². The summed E-state index contributed by atoms with van der Waals surface area (Å²) < 4.78 is 23.1. The maximum absolute atomic E-state index is 13.1. The van der Waals surface area contributed by atoms with Crippen LogP contribution in [-0.2, 0) is 18.1 Å². The number of aromatic nitrogens is 2. The van der Waals surface area contributed by atoms with Gasteiger partial charge in [-0.2, -0.15) is 0 Å². The summed E-state index contributed by atoms with van der Waals surface area (Å²) in [5.74, 6) is -4.45. The summed E-state index contributed by atoms with van der Waals surface area (Å²) in [7, 11) is 1.18. The van der Waals surface area contributed by atoms with Crippen LogP contribution in [-0.4, -0.2) is 33.3 Å². The summed E-state index contributed by atoms with van der Waals surface area (Å²) in [6, 6.07) is 18.1. The number of aromatic carboxylic acids is 1. The smallest absolute Gasteiger partial charge is 0.376 e. The molecule has 0 aliphatic heterocycles. The number of esters is 1. The van der Waals surface area contributed by atoms with Crippen LogP contribution in [0.5, 0.6) is 11.5 Å². The molecule has 0 atom stereocenters. The molecule has 184 valence electrons. The predicted octanol–water partition coefficient (Wildman–Crippen LogP) is 2.69. The van der Waals surface area contributed by atoms with Crippen molar-refractivity contribution in [3.8, 4) is 17.4 Å². The van der Waals surface area contributed by atoms with Crippen molar-refractivity contribution in [1.29, 1.82) is 0 Å². The molecule has 2 aromatic carbocycles. The van der Waals surface area contributed by atoms with Crippen LogP contribution in [0.2, 0.25) is 0 Å². The molecule has 0 saturated carbocycles. The Kier molecular flexibility index (Phi) is 7.12. The first-order valence-corrected chi connectivity index (χ1v) is 10.6. The molecule has 0 radical (unpaired) electrons. The van der Waals surface area contributed by atoms with Gasteiger partial charge in [0.1, 0.15) is 6.73 Å². The molecular formula is C25H20N2O9. The molecule has 0 fully saturated rings. The molecule has 4 rings (SSSR count). The Hall–Kier alpha value is -4.90. The molecule has 0 aliphatic carbocycles. The second-order valence-electron chi connectivity index (χ2n) is 7.36. The average Bonchev–Trinajstić information content (AvgIpc) is 3.25. The fourth-order valence-electron chi connectivity index (χ4n) is 3.31. The van der Waals surface area contributed by atoms with Gasteiger partial charge in [0.2, 0.25) is 11.5 Å². The molecule has 2 aromatic heterocycles. The third-order valence-electron chi connectivity index (χ3n) is 5.03. The first kappa shape index (κ1) is 24.2. The molecule has 0 bridgehead atoms. The predicted molar refractivity (Wildman–Crippen MR) is 125 cm³/mol. The van der Waals surface area contributed by atoms with E-state index in [1.807, 2.05) is 30.3 Å². The summed E-state index contributed by atoms with van der Waals surface area (Å²) in [6.45, 7) is -0.230. The summed E-state index contributed by atoms with van der Waals surface area (Å²) in [5.41, 5.74) is -0.546. The highest BCUT2D eigenvalue weighted by molar-refractivity contribution is 5.95. The van der Waals surface area contributed by atoms with E-state index in [2.05, 4.69) is 0 Å². The van der Waals surface area contributed by atoms with Crippen molar-refractivity contribution in [2.24, 2.45) is 0 Å². The summed E-state index contributed by atoms with van der Waals surface area (Å²) in [6.07, 6.45) is 1.09. The van der Waals surface area contributed by atoms with Crippen LogP contribution in [0.3, 0.4) is 0 Å². The van der Waals surface area contributed by atoms with Crippen LogP contribution in [0.1, 0.15) is 26.5 Å². The van der Waals surface area contributed by atoms with E-state index in [4.69, 9.17) is 18.6 Å². The third kappa shape index (κ3) is 4.95. The highest BCUT2D eigenvalue weighted by Crippen LogP contribution is 2.40. The van der Waals surface area contributed by atoms with Gasteiger partial charge < -0.3 is 23.7 Å². The third-order valence-corrected chi connectivity index (χ3v) is 5.03. The monoisotopic (exact) mass is 492 g/mol. The van der Waals surface area contributed by atoms with Crippen LogP contribution in [0.25, 0.3) is 5.88 Å². The van der Waals surface area contributed by atoms with Crippen LogP contribution >= 0.6 is 0 Å². The molecule has 11 nitrogen and oxygen atoms in total. The van der Waals surface area contributed by atoms with Crippen molar-refractivity contribution >= 4 is 11.9 Å². The number of hydrogen-bond donors (Lipinski definition) is 1. The van der Waals surface area contributed by atoms with Crippen molar-refractivity contribution in [3.63, 3.8) is 0 Å². The minimum Gasteiger partial charge on any atom is -0.488 e. The Bertz CT molecular complexity index is 1500. The molecular weight excluding hydrogens is 472 g/mol. The van der Waals surface area contributed by atoms with Gasteiger partial charge in [0, 0.05) is 12.3 Å². The Morgan fingerprint density at radius 2 is 1.61 bits per heavy atom. The lowest BCUT2D eigenvalue weighted by Crippen LogP contribution is -2.38. The van der Waals surface area contributed by atoms with E-state index in [0.717, 1.165) is 27.0 Å². The van der Waals surface area contributed by atoms with Gasteiger partial charge in [0.05, 0.1) is 19.3 Å². The van der Waals surface area contributed by atoms with Gasteiger partial charge in [0.15, 0.2) is 0 Å². The quantitative estimate of drug-likeness (QED) is 0.349. The first-order valence-electron chi connectivity index (χ1n) is 10.6. The minimum atomic E-state index is -1.57. The summed E-state index contributed by atoms with van der Waals surface area (Å²) in [4.78, 5) is 49.8. The topological polar surface area (TPSA) is 139 Å². The summed E-state index contributed by atoms with van der Waals surface area (Å²) in [5, 5.41) is 9.62. The van der Waals surface area contributed by atoms with E-state index < -0.39 is 40.6 Å². The number of carbonyl (C=O) groups is 2. The molecule has 0 saturated heterocycles. The van der Waals surface area contributed by atoms with E-state index in [1.165, 1.54) is 19.2 Å². The normalized spacial score (nSPS) is 10.7. The molecule has 0 unspecified atom stereocenters. The number of hydrogen-bond acceptors (Lipinski definition) is 8. The highest BCUT2D eigenvalue weighted by atomic mass is 16.6. The van der Waals surface area contributed by atoms with Gasteiger partial charge in [0.25, 0.3) is 17.2 Å². The zero-order valence-electron chi connectivity index (χ0n) is 19.0. The zero-order valence-corrected chi connectivity index (χ0v) is 19.0. The number of rotatable bonds is 9. The van der Waals surface area contributed by atoms with Crippen molar-refractivity contribution < 1.29 is 33.3 Å².